The highest BCUT2D eigenvalue weighted by molar-refractivity contribution is 5.75. The highest BCUT2D eigenvalue weighted by atomic mass is 16.8. The van der Waals surface area contributed by atoms with Crippen molar-refractivity contribution in [2.24, 2.45) is 0 Å². The number of amides is 1. The van der Waals surface area contributed by atoms with E-state index in [0.717, 1.165) is 70.8 Å². The molecule has 2 aliphatic heterocycles. The van der Waals surface area contributed by atoms with Crippen LogP contribution in [0.1, 0.15) is 90.4 Å². The van der Waals surface area contributed by atoms with Crippen molar-refractivity contribution in [3.63, 3.8) is 0 Å². The molecule has 0 aromatic rings. The molecular weight excluding hydrogens is 628 g/mol. The number of unbranched alkanes of at least 4 members (excludes halogenated alkanes) is 9. The molecule has 14 nitrogen and oxygen atoms in total. The fourth-order valence-corrected chi connectivity index (χ4v) is 5.81. The second-order valence-electron chi connectivity index (χ2n) is 13.4. The summed E-state index contributed by atoms with van der Waals surface area (Å²) in [6, 6.07) is 0. The smallest absolute Gasteiger partial charge is 0.220 e. The van der Waals surface area contributed by atoms with Gasteiger partial charge in [-0.05, 0) is 59.5 Å². The molecule has 11 atom stereocenters. The van der Waals surface area contributed by atoms with Crippen LogP contribution in [0.3, 0.4) is 0 Å². The number of hydrogen-bond acceptors (Lipinski definition) is 13. The third-order valence-corrected chi connectivity index (χ3v) is 8.88. The molecule has 2 saturated heterocycles. The fraction of sp³-hybridized carbons (Fsp3) is 0.912. The third kappa shape index (κ3) is 15.3. The number of aliphatic hydroxyl groups excluding tert-OH is 7. The Balaban J connectivity index is 1.61. The van der Waals surface area contributed by atoms with Gasteiger partial charge in [-0.15, -0.1) is 0 Å². The Morgan fingerprint density at radius 3 is 1.90 bits per heavy atom. The van der Waals surface area contributed by atoms with Crippen molar-refractivity contribution in [1.82, 2.24) is 10.2 Å². The second kappa shape index (κ2) is 24.0. The lowest BCUT2D eigenvalue weighted by Crippen LogP contribution is -2.64. The highest BCUT2D eigenvalue weighted by Crippen LogP contribution is 2.30. The molecular formula is C34H64N2O12. The number of ether oxygens (including phenoxy) is 4. The maximum Gasteiger partial charge on any atom is 0.220 e. The lowest BCUT2D eigenvalue weighted by Gasteiger charge is -2.46. The minimum absolute atomic E-state index is 0.146. The lowest BCUT2D eigenvalue weighted by molar-refractivity contribution is -0.371. The topological polar surface area (TPSA) is 211 Å². The number of hydrogen-bond donors (Lipinski definition) is 8. The number of carbonyl (C=O) groups excluding carboxylic acids is 1. The number of nitrogens with one attached hydrogen (secondary N) is 1. The number of aliphatic hydroxyl groups is 7. The van der Waals surface area contributed by atoms with Gasteiger partial charge in [0.05, 0.1) is 19.3 Å². The van der Waals surface area contributed by atoms with Crippen LogP contribution in [0.4, 0.5) is 0 Å². The largest absolute Gasteiger partial charge is 0.394 e. The van der Waals surface area contributed by atoms with E-state index in [2.05, 4.69) is 22.4 Å². The molecule has 2 fully saturated rings. The van der Waals surface area contributed by atoms with Crippen molar-refractivity contribution in [3.8, 4) is 0 Å². The lowest BCUT2D eigenvalue weighted by atomic mass is 9.97. The number of carbonyl (C=O) groups is 1. The van der Waals surface area contributed by atoms with E-state index in [1.54, 1.807) is 0 Å². The number of allylic oxidation sites excluding steroid dienone is 2. The normalized spacial score (nSPS) is 31.8. The zero-order valence-corrected chi connectivity index (χ0v) is 29.1. The molecule has 48 heavy (non-hydrogen) atoms. The van der Waals surface area contributed by atoms with Gasteiger partial charge in [-0.3, -0.25) is 4.79 Å². The van der Waals surface area contributed by atoms with Crippen molar-refractivity contribution >= 4 is 5.91 Å². The van der Waals surface area contributed by atoms with E-state index >= 15 is 0 Å². The van der Waals surface area contributed by atoms with Crippen molar-refractivity contribution in [3.05, 3.63) is 12.2 Å². The van der Waals surface area contributed by atoms with Crippen molar-refractivity contribution in [2.75, 3.05) is 40.4 Å². The summed E-state index contributed by atoms with van der Waals surface area (Å²) in [5.41, 5.74) is 0. The van der Waals surface area contributed by atoms with Gasteiger partial charge < -0.3 is 64.9 Å². The highest BCUT2D eigenvalue weighted by Gasteiger charge is 2.51. The second-order valence-corrected chi connectivity index (χ2v) is 13.4. The zero-order valence-electron chi connectivity index (χ0n) is 29.1. The van der Waals surface area contributed by atoms with Crippen LogP contribution in [0.25, 0.3) is 0 Å². The summed E-state index contributed by atoms with van der Waals surface area (Å²) in [5.74, 6) is 0.146. The molecule has 0 aromatic carbocycles. The standard InChI is InChI=1S/C34H64N2O12/c1-23(17-15-13-11-9-7-5-4-6-8-10-12-14-16-18-26(39)35-19-20-36(2)3)45-34-32(30(43)28(41)25(22-38)47-34)48-33-31(44)29(42)27(40)24(21-37)46-33/h4-5,23-25,27-34,37-38,40-44H,6-22H2,1-3H3,(H,35,39)/b5-4+/t23?,24?,25?,27-,28-,29+,30+,31?,32-,33?,34?/m1/s1. The molecule has 0 saturated carbocycles. The van der Waals surface area contributed by atoms with Crippen molar-refractivity contribution in [2.45, 2.75) is 158 Å². The first-order chi connectivity index (χ1) is 23.0. The van der Waals surface area contributed by atoms with Crippen LogP contribution in [0, 0.1) is 0 Å². The Kier molecular flexibility index (Phi) is 21.5. The van der Waals surface area contributed by atoms with E-state index in [4.69, 9.17) is 18.9 Å². The first-order valence-corrected chi connectivity index (χ1v) is 17.8. The van der Waals surface area contributed by atoms with Crippen LogP contribution in [0.2, 0.25) is 0 Å². The summed E-state index contributed by atoms with van der Waals surface area (Å²) in [4.78, 5) is 13.8. The first-order valence-electron chi connectivity index (χ1n) is 17.8. The quantitative estimate of drug-likeness (QED) is 0.0507. The molecule has 0 bridgehead atoms. The van der Waals surface area contributed by atoms with Crippen molar-refractivity contribution in [1.29, 1.82) is 0 Å². The van der Waals surface area contributed by atoms with Crippen molar-refractivity contribution < 1.29 is 59.5 Å². The summed E-state index contributed by atoms with van der Waals surface area (Å²) in [7, 11) is 3.98. The van der Waals surface area contributed by atoms with Gasteiger partial charge in [0.2, 0.25) is 5.91 Å². The number of likely N-dealkylation sites (N-methyl/N-ethyl adjacent to an activating group) is 1. The van der Waals surface area contributed by atoms with Crippen LogP contribution in [-0.2, 0) is 23.7 Å². The molecule has 0 radical (unpaired) electrons. The van der Waals surface area contributed by atoms with E-state index in [9.17, 15) is 40.5 Å². The Hall–Kier alpha value is -1.27. The summed E-state index contributed by atoms with van der Waals surface area (Å²) < 4.78 is 22.8. The van der Waals surface area contributed by atoms with Crippen LogP contribution in [0.15, 0.2) is 12.2 Å². The van der Waals surface area contributed by atoms with E-state index in [1.807, 2.05) is 21.0 Å². The molecule has 14 heteroatoms. The monoisotopic (exact) mass is 692 g/mol. The predicted octanol–water partition coefficient (Wildman–Crippen LogP) is 0.321. The van der Waals surface area contributed by atoms with Gasteiger partial charge in [-0.25, -0.2) is 0 Å². The Labute approximate surface area is 286 Å². The Bertz CT molecular complexity index is 881. The van der Waals surface area contributed by atoms with E-state index in [-0.39, 0.29) is 12.0 Å². The molecule has 1 amide bonds. The van der Waals surface area contributed by atoms with E-state index < -0.39 is 74.6 Å². The number of rotatable bonds is 24. The fourth-order valence-electron chi connectivity index (χ4n) is 5.81. The molecule has 0 aliphatic carbocycles. The maximum absolute atomic E-state index is 11.8. The van der Waals surface area contributed by atoms with Crippen LogP contribution in [-0.4, -0.2) is 154 Å². The van der Waals surface area contributed by atoms with Gasteiger partial charge in [0.15, 0.2) is 12.6 Å². The molecule has 6 unspecified atom stereocenters. The molecule has 0 aromatic heterocycles. The van der Waals surface area contributed by atoms with Gasteiger partial charge in [-0.1, -0.05) is 50.7 Å². The minimum atomic E-state index is -1.71. The van der Waals surface area contributed by atoms with Crippen LogP contribution in [0.5, 0.6) is 0 Å². The minimum Gasteiger partial charge on any atom is -0.394 e. The molecule has 2 heterocycles. The van der Waals surface area contributed by atoms with Gasteiger partial charge >= 0.3 is 0 Å². The Morgan fingerprint density at radius 1 is 0.750 bits per heavy atom. The van der Waals surface area contributed by atoms with E-state index in [1.165, 1.54) is 6.42 Å². The van der Waals surface area contributed by atoms with Gasteiger partial charge in [0.1, 0.15) is 48.8 Å². The molecule has 2 rings (SSSR count). The average molecular weight is 693 g/mol. The summed E-state index contributed by atoms with van der Waals surface area (Å²) in [6.45, 7) is 2.17. The number of nitrogens with zero attached hydrogens (tertiary/aromatic N) is 1. The Morgan fingerprint density at radius 2 is 1.29 bits per heavy atom. The van der Waals surface area contributed by atoms with Crippen LogP contribution >= 0.6 is 0 Å². The molecule has 2 aliphatic rings. The summed E-state index contributed by atoms with van der Waals surface area (Å²) in [5, 5.41) is 73.8. The predicted molar refractivity (Wildman–Crippen MR) is 178 cm³/mol. The molecule has 8 N–H and O–H groups in total. The van der Waals surface area contributed by atoms with Gasteiger partial charge in [-0.2, -0.15) is 0 Å². The summed E-state index contributed by atoms with van der Waals surface area (Å²) in [6.07, 6.45) is 2.56. The summed E-state index contributed by atoms with van der Waals surface area (Å²) >= 11 is 0. The maximum atomic E-state index is 11.8. The van der Waals surface area contributed by atoms with E-state index in [0.29, 0.717) is 19.4 Å². The van der Waals surface area contributed by atoms with Gasteiger partial charge in [0.25, 0.3) is 0 Å². The SMILES string of the molecule is CC(CCCCCC/C=C/CCCCCCCC(=O)NCCN(C)C)OC1OC(CO)[C@@H](O)[C@H](O)[C@H]1OC1OC(CO)[C@@H](O)[C@H](O)C1O. The average Bonchev–Trinajstić information content (AvgIpc) is 3.05. The molecule has 0 spiro atoms. The first kappa shape index (κ1) is 42.9. The van der Waals surface area contributed by atoms with Crippen LogP contribution < -0.4 is 5.32 Å². The van der Waals surface area contributed by atoms with Gasteiger partial charge in [0, 0.05) is 19.5 Å². The zero-order chi connectivity index (χ0) is 35.5. The third-order valence-electron chi connectivity index (χ3n) is 8.88. The molecule has 282 valence electrons.